The number of nitrogens with zero attached hydrogens (tertiary/aromatic N) is 1. The molecule has 0 radical (unpaired) electrons. The van der Waals surface area contributed by atoms with Crippen molar-refractivity contribution >= 4 is 12.4 Å². The number of aliphatic imine (C=N–C) groups is 1. The van der Waals surface area contributed by atoms with Crippen molar-refractivity contribution in [2.24, 2.45) is 4.99 Å². The third-order valence-corrected chi connectivity index (χ3v) is 0.679. The summed E-state index contributed by atoms with van der Waals surface area (Å²) in [7, 11) is 0. The minimum Gasteiger partial charge on any atom is -0.281 e. The van der Waals surface area contributed by atoms with Crippen LogP contribution in [0, 0.1) is 0 Å². The van der Waals surface area contributed by atoms with Gasteiger partial charge in [0.1, 0.15) is 6.54 Å². The van der Waals surface area contributed by atoms with E-state index in [1.807, 2.05) is 12.4 Å². The first-order valence-corrected chi connectivity index (χ1v) is 2.03. The molecule has 0 saturated heterocycles. The molecular weight excluding hydrogens is 76.1 g/mol. The van der Waals surface area contributed by atoms with E-state index in [4.69, 9.17) is 0 Å². The third kappa shape index (κ3) is 0.641. The van der Waals surface area contributed by atoms with Gasteiger partial charge in [-0.25, -0.2) is 4.99 Å². The van der Waals surface area contributed by atoms with Crippen LogP contribution in [0.5, 0.6) is 0 Å². The second kappa shape index (κ2) is 1.70. The monoisotopic (exact) mass is 83.1 g/mol. The Morgan fingerprint density at radius 3 is 2.83 bits per heavy atom. The minimum atomic E-state index is 0.833. The van der Waals surface area contributed by atoms with Crippen molar-refractivity contribution < 1.29 is 4.99 Å². The molecule has 0 aliphatic carbocycles. The highest BCUT2D eigenvalue weighted by molar-refractivity contribution is 5.65. The fourth-order valence-electron chi connectivity index (χ4n) is 0.392. The number of hydrogen-bond donors (Lipinski definition) is 1. The van der Waals surface area contributed by atoms with Gasteiger partial charge in [0.2, 0.25) is 0 Å². The topological polar surface area (TPSA) is 26.3 Å². The maximum Gasteiger partial charge on any atom is 0.175 e. The van der Waals surface area contributed by atoms with Crippen molar-refractivity contribution in [3.05, 3.63) is 0 Å². The van der Waals surface area contributed by atoms with Crippen molar-refractivity contribution in [2.45, 2.75) is 0 Å². The molecule has 0 aromatic heterocycles. The summed E-state index contributed by atoms with van der Waals surface area (Å²) in [5.41, 5.74) is 0. The average Bonchev–Trinajstić information content (AvgIpc) is 1.72. The molecule has 1 heterocycles. The van der Waals surface area contributed by atoms with Crippen molar-refractivity contribution in [3.63, 3.8) is 0 Å². The van der Waals surface area contributed by atoms with Gasteiger partial charge in [0.25, 0.3) is 0 Å². The highest BCUT2D eigenvalue weighted by Gasteiger charge is 1.83. The fourth-order valence-corrected chi connectivity index (χ4v) is 0.392. The van der Waals surface area contributed by atoms with E-state index in [1.165, 1.54) is 0 Å². The molecule has 1 rings (SSSR count). The summed E-state index contributed by atoms with van der Waals surface area (Å²) in [6.07, 6.45) is 3.82. The summed E-state index contributed by atoms with van der Waals surface area (Å²) < 4.78 is 0. The van der Waals surface area contributed by atoms with Crippen LogP contribution >= 0.6 is 0 Å². The second-order valence-corrected chi connectivity index (χ2v) is 1.16. The van der Waals surface area contributed by atoms with Crippen LogP contribution in [0.1, 0.15) is 0 Å². The molecular formula is C4H7N2+. The van der Waals surface area contributed by atoms with Gasteiger partial charge in [-0.05, 0) is 0 Å². The molecule has 32 valence electrons. The SMILES string of the molecule is C1=NCC=[NH+]C1. The standard InChI is InChI=1S/C4H6N2/c1-2-6-4-3-5-1/h1,4H,2-3H2/p+1. The Kier molecular flexibility index (Phi) is 0.998. The van der Waals surface area contributed by atoms with E-state index in [0.717, 1.165) is 13.1 Å². The molecule has 2 nitrogen and oxygen atoms in total. The van der Waals surface area contributed by atoms with E-state index in [-0.39, 0.29) is 0 Å². The Balaban J connectivity index is 2.40. The van der Waals surface area contributed by atoms with Crippen molar-refractivity contribution in [2.75, 3.05) is 13.1 Å². The predicted molar refractivity (Wildman–Crippen MR) is 25.3 cm³/mol. The first kappa shape index (κ1) is 3.53. The second-order valence-electron chi connectivity index (χ2n) is 1.16. The highest BCUT2D eigenvalue weighted by atomic mass is 14.8. The maximum atomic E-state index is 3.93. The quantitative estimate of drug-likeness (QED) is 0.358. The summed E-state index contributed by atoms with van der Waals surface area (Å²) in [5.74, 6) is 0. The van der Waals surface area contributed by atoms with Gasteiger partial charge >= 0.3 is 0 Å². The van der Waals surface area contributed by atoms with Gasteiger partial charge < -0.3 is 0 Å². The van der Waals surface area contributed by atoms with Gasteiger partial charge in [-0.15, -0.1) is 0 Å². The van der Waals surface area contributed by atoms with Crippen LogP contribution in [0.15, 0.2) is 4.99 Å². The summed E-state index contributed by atoms with van der Waals surface area (Å²) in [6.45, 7) is 1.74. The number of rotatable bonds is 0. The Morgan fingerprint density at radius 1 is 1.67 bits per heavy atom. The summed E-state index contributed by atoms with van der Waals surface area (Å²) in [5, 5.41) is 0. The molecule has 0 unspecified atom stereocenters. The highest BCUT2D eigenvalue weighted by Crippen LogP contribution is 1.57. The Labute approximate surface area is 36.6 Å². The molecule has 0 aromatic carbocycles. The number of hydrogen-bond acceptors (Lipinski definition) is 1. The largest absolute Gasteiger partial charge is 0.281 e. The van der Waals surface area contributed by atoms with E-state index in [0.29, 0.717) is 0 Å². The normalized spacial score (nSPS) is 18.7. The van der Waals surface area contributed by atoms with Gasteiger partial charge in [0.05, 0.1) is 6.21 Å². The third-order valence-electron chi connectivity index (χ3n) is 0.679. The van der Waals surface area contributed by atoms with E-state index >= 15 is 0 Å². The van der Waals surface area contributed by atoms with Crippen LogP contribution in [-0.2, 0) is 0 Å². The Bertz CT molecular complexity index is 63.5. The van der Waals surface area contributed by atoms with Gasteiger partial charge in [-0.3, -0.25) is 4.99 Å². The number of nitrogens with one attached hydrogen (secondary N) is 1. The molecule has 0 amide bonds. The van der Waals surface area contributed by atoms with E-state index < -0.39 is 0 Å². The molecule has 0 bridgehead atoms. The zero-order chi connectivity index (χ0) is 4.24. The fraction of sp³-hybridized carbons (Fsp3) is 0.500. The molecule has 0 fully saturated rings. The lowest BCUT2D eigenvalue weighted by Crippen LogP contribution is -2.71. The zero-order valence-corrected chi connectivity index (χ0v) is 3.52. The smallest absolute Gasteiger partial charge is 0.175 e. The molecule has 2 heteroatoms. The van der Waals surface area contributed by atoms with Gasteiger partial charge in [-0.1, -0.05) is 0 Å². The van der Waals surface area contributed by atoms with E-state index in [9.17, 15) is 0 Å². The van der Waals surface area contributed by atoms with Crippen molar-refractivity contribution in [1.82, 2.24) is 0 Å². The first-order chi connectivity index (χ1) is 3.00. The van der Waals surface area contributed by atoms with Crippen LogP contribution in [0.2, 0.25) is 0 Å². The summed E-state index contributed by atoms with van der Waals surface area (Å²) >= 11 is 0. The molecule has 6 heavy (non-hydrogen) atoms. The van der Waals surface area contributed by atoms with E-state index in [1.54, 1.807) is 0 Å². The first-order valence-electron chi connectivity index (χ1n) is 2.03. The van der Waals surface area contributed by atoms with E-state index in [2.05, 4.69) is 9.98 Å². The van der Waals surface area contributed by atoms with Crippen LogP contribution in [-0.4, -0.2) is 25.5 Å². The molecule has 1 aliphatic heterocycles. The molecule has 1 N–H and O–H groups in total. The maximum absolute atomic E-state index is 3.93. The average molecular weight is 83.1 g/mol. The van der Waals surface area contributed by atoms with Gasteiger partial charge in [0, 0.05) is 0 Å². The molecule has 0 aromatic rings. The minimum absolute atomic E-state index is 0.833. The lowest BCUT2D eigenvalue weighted by Gasteiger charge is -1.82. The van der Waals surface area contributed by atoms with Crippen LogP contribution in [0.4, 0.5) is 0 Å². The van der Waals surface area contributed by atoms with Crippen molar-refractivity contribution in [1.29, 1.82) is 0 Å². The lowest BCUT2D eigenvalue weighted by molar-refractivity contribution is -0.433. The van der Waals surface area contributed by atoms with Crippen LogP contribution in [0.3, 0.4) is 0 Å². The lowest BCUT2D eigenvalue weighted by atomic mass is 10.6. The Hall–Kier alpha value is -0.660. The van der Waals surface area contributed by atoms with Gasteiger partial charge in [-0.2, -0.15) is 0 Å². The van der Waals surface area contributed by atoms with Gasteiger partial charge in [0.15, 0.2) is 12.8 Å². The molecule has 1 aliphatic rings. The van der Waals surface area contributed by atoms with Crippen molar-refractivity contribution in [3.8, 4) is 0 Å². The van der Waals surface area contributed by atoms with Crippen LogP contribution < -0.4 is 4.99 Å². The zero-order valence-electron chi connectivity index (χ0n) is 3.52. The summed E-state index contributed by atoms with van der Waals surface area (Å²) in [6, 6.07) is 0. The molecule has 0 saturated carbocycles. The molecule has 0 spiro atoms. The summed E-state index contributed by atoms with van der Waals surface area (Å²) in [4.78, 5) is 6.94. The molecule has 0 atom stereocenters. The Morgan fingerprint density at radius 2 is 2.67 bits per heavy atom. The predicted octanol–water partition coefficient (Wildman–Crippen LogP) is -1.78. The van der Waals surface area contributed by atoms with Crippen LogP contribution in [0.25, 0.3) is 0 Å².